The third kappa shape index (κ3) is 4.25. The second-order valence-corrected chi connectivity index (χ2v) is 9.52. The maximum Gasteiger partial charge on any atom is 0.261 e. The molecule has 3 rings (SSSR count). The van der Waals surface area contributed by atoms with Crippen LogP contribution in [-0.4, -0.2) is 53.2 Å². The van der Waals surface area contributed by atoms with Gasteiger partial charge in [0, 0.05) is 32.1 Å². The van der Waals surface area contributed by atoms with Crippen molar-refractivity contribution in [2.45, 2.75) is 51.4 Å². The SMILES string of the molecule is Cc1cccc2c(=O)n(CCC(=O)N3CC[C@@H](S(=O)(=O)NC(C)C)C3)cnc12. The molecule has 1 aliphatic rings. The predicted octanol–water partition coefficient (Wildman–Crippen LogP) is 1.02. The molecule has 1 saturated heterocycles. The maximum absolute atomic E-state index is 12.6. The number of benzene rings is 1. The lowest BCUT2D eigenvalue weighted by molar-refractivity contribution is -0.130. The molecule has 1 aromatic carbocycles. The Balaban J connectivity index is 1.65. The highest BCUT2D eigenvalue weighted by molar-refractivity contribution is 7.90. The lowest BCUT2D eigenvalue weighted by atomic mass is 10.1. The molecule has 0 bridgehead atoms. The topological polar surface area (TPSA) is 101 Å². The molecule has 1 atom stereocenters. The van der Waals surface area contributed by atoms with Crippen LogP contribution < -0.4 is 10.3 Å². The molecule has 2 heterocycles. The fourth-order valence-corrected chi connectivity index (χ4v) is 5.15. The molecule has 8 nitrogen and oxygen atoms in total. The van der Waals surface area contributed by atoms with Gasteiger partial charge in [-0.05, 0) is 38.8 Å². The molecule has 152 valence electrons. The largest absolute Gasteiger partial charge is 0.341 e. The van der Waals surface area contributed by atoms with Gasteiger partial charge in [-0.1, -0.05) is 12.1 Å². The summed E-state index contributed by atoms with van der Waals surface area (Å²) in [5.74, 6) is -0.154. The van der Waals surface area contributed by atoms with Crippen LogP contribution in [0.4, 0.5) is 0 Å². The highest BCUT2D eigenvalue weighted by Gasteiger charge is 2.35. The van der Waals surface area contributed by atoms with Crippen molar-refractivity contribution in [1.82, 2.24) is 19.2 Å². The van der Waals surface area contributed by atoms with Gasteiger partial charge in [0.1, 0.15) is 0 Å². The molecular formula is C19H26N4O4S. The zero-order valence-electron chi connectivity index (χ0n) is 16.4. The Morgan fingerprint density at radius 1 is 1.36 bits per heavy atom. The first-order valence-corrected chi connectivity index (χ1v) is 11.0. The second-order valence-electron chi connectivity index (χ2n) is 7.53. The lowest BCUT2D eigenvalue weighted by Gasteiger charge is -2.18. The van der Waals surface area contributed by atoms with Crippen molar-refractivity contribution in [3.8, 4) is 0 Å². The molecule has 0 aliphatic carbocycles. The Morgan fingerprint density at radius 3 is 2.82 bits per heavy atom. The van der Waals surface area contributed by atoms with Gasteiger partial charge in [-0.15, -0.1) is 0 Å². The Kier molecular flexibility index (Phi) is 5.85. The number of sulfonamides is 1. The van der Waals surface area contributed by atoms with E-state index in [1.165, 1.54) is 10.9 Å². The fourth-order valence-electron chi connectivity index (χ4n) is 3.50. The molecule has 0 unspecified atom stereocenters. The van der Waals surface area contributed by atoms with Gasteiger partial charge in [-0.25, -0.2) is 18.1 Å². The van der Waals surface area contributed by atoms with Crippen molar-refractivity contribution >= 4 is 26.8 Å². The van der Waals surface area contributed by atoms with Crippen molar-refractivity contribution in [3.05, 3.63) is 40.4 Å². The van der Waals surface area contributed by atoms with Gasteiger partial charge in [-0.2, -0.15) is 0 Å². The summed E-state index contributed by atoms with van der Waals surface area (Å²) in [5.41, 5.74) is 1.42. The minimum atomic E-state index is -3.44. The van der Waals surface area contributed by atoms with Crippen LogP contribution in [-0.2, 0) is 21.4 Å². The van der Waals surface area contributed by atoms with Crippen LogP contribution in [0, 0.1) is 6.92 Å². The van der Waals surface area contributed by atoms with Crippen LogP contribution in [0.25, 0.3) is 10.9 Å². The van der Waals surface area contributed by atoms with E-state index >= 15 is 0 Å². The van der Waals surface area contributed by atoms with Crippen LogP contribution in [0.1, 0.15) is 32.3 Å². The molecule has 2 aromatic rings. The number of para-hydroxylation sites is 1. The van der Waals surface area contributed by atoms with Gasteiger partial charge in [0.05, 0.1) is 22.5 Å². The molecule has 28 heavy (non-hydrogen) atoms. The average Bonchev–Trinajstić information content (AvgIpc) is 3.12. The van der Waals surface area contributed by atoms with Crippen LogP contribution in [0.5, 0.6) is 0 Å². The molecule has 1 aromatic heterocycles. The number of amides is 1. The summed E-state index contributed by atoms with van der Waals surface area (Å²) in [7, 11) is -3.44. The third-order valence-electron chi connectivity index (χ3n) is 4.96. The number of nitrogens with zero attached hydrogens (tertiary/aromatic N) is 3. The third-order valence-corrected chi connectivity index (χ3v) is 7.02. The van der Waals surface area contributed by atoms with Crippen LogP contribution in [0.3, 0.4) is 0 Å². The number of aromatic nitrogens is 2. The van der Waals surface area contributed by atoms with Gasteiger partial charge in [0.25, 0.3) is 5.56 Å². The monoisotopic (exact) mass is 406 g/mol. The van der Waals surface area contributed by atoms with Gasteiger partial charge < -0.3 is 4.90 Å². The van der Waals surface area contributed by atoms with E-state index in [1.807, 2.05) is 19.1 Å². The molecule has 0 radical (unpaired) electrons. The Morgan fingerprint density at radius 2 is 2.11 bits per heavy atom. The van der Waals surface area contributed by atoms with E-state index in [0.29, 0.717) is 23.9 Å². The summed E-state index contributed by atoms with van der Waals surface area (Å²) < 4.78 is 28.6. The Labute approximate surface area is 164 Å². The highest BCUT2D eigenvalue weighted by Crippen LogP contribution is 2.18. The van der Waals surface area contributed by atoms with E-state index in [2.05, 4.69) is 9.71 Å². The number of hydrogen-bond donors (Lipinski definition) is 1. The fraction of sp³-hybridized carbons (Fsp3) is 0.526. The maximum atomic E-state index is 12.6. The molecular weight excluding hydrogens is 380 g/mol. The minimum Gasteiger partial charge on any atom is -0.341 e. The van der Waals surface area contributed by atoms with E-state index in [9.17, 15) is 18.0 Å². The van der Waals surface area contributed by atoms with Crippen LogP contribution in [0.2, 0.25) is 0 Å². The standard InChI is InChI=1S/C19H26N4O4S/c1-13(2)21-28(26,27)15-7-9-22(11-15)17(24)8-10-23-12-20-18-14(3)5-4-6-16(18)19(23)25/h4-6,12-13,15,21H,7-11H2,1-3H3/t15-/m1/s1. The second kappa shape index (κ2) is 8.00. The van der Waals surface area contributed by atoms with E-state index in [0.717, 1.165) is 5.56 Å². The number of aryl methyl sites for hydroxylation is 2. The number of nitrogens with one attached hydrogen (secondary N) is 1. The first-order chi connectivity index (χ1) is 13.2. The number of hydrogen-bond acceptors (Lipinski definition) is 5. The van der Waals surface area contributed by atoms with Crippen molar-refractivity contribution < 1.29 is 13.2 Å². The van der Waals surface area contributed by atoms with Gasteiger partial charge in [-0.3, -0.25) is 14.2 Å². The van der Waals surface area contributed by atoms with E-state index in [4.69, 9.17) is 0 Å². The number of likely N-dealkylation sites (tertiary alicyclic amines) is 1. The van der Waals surface area contributed by atoms with E-state index < -0.39 is 15.3 Å². The smallest absolute Gasteiger partial charge is 0.261 e. The normalized spacial score (nSPS) is 17.6. The quantitative estimate of drug-likeness (QED) is 0.772. The summed E-state index contributed by atoms with van der Waals surface area (Å²) in [6.07, 6.45) is 2.02. The van der Waals surface area contributed by atoms with Gasteiger partial charge in [0.15, 0.2) is 0 Å². The number of rotatable bonds is 6. The highest BCUT2D eigenvalue weighted by atomic mass is 32.2. The number of carbonyl (C=O) groups excluding carboxylic acids is 1. The summed E-state index contributed by atoms with van der Waals surface area (Å²) >= 11 is 0. The molecule has 1 fully saturated rings. The zero-order valence-corrected chi connectivity index (χ0v) is 17.2. The Hall–Kier alpha value is -2.26. The van der Waals surface area contributed by atoms with Crippen LogP contribution in [0.15, 0.2) is 29.3 Å². The Bertz CT molecular complexity index is 1050. The van der Waals surface area contributed by atoms with Gasteiger partial charge in [0.2, 0.25) is 15.9 Å². The van der Waals surface area contributed by atoms with Gasteiger partial charge >= 0.3 is 0 Å². The van der Waals surface area contributed by atoms with Crippen molar-refractivity contribution in [1.29, 1.82) is 0 Å². The summed E-state index contributed by atoms with van der Waals surface area (Å²) in [6, 6.07) is 5.26. The minimum absolute atomic E-state index is 0.128. The van der Waals surface area contributed by atoms with E-state index in [-0.39, 0.29) is 37.0 Å². The molecule has 1 aliphatic heterocycles. The summed E-state index contributed by atoms with van der Waals surface area (Å²) in [5, 5.41) is -0.0612. The lowest BCUT2D eigenvalue weighted by Crippen LogP contribution is -2.40. The molecule has 0 saturated carbocycles. The summed E-state index contributed by atoms with van der Waals surface area (Å²) in [4.78, 5) is 31.0. The van der Waals surface area contributed by atoms with Crippen molar-refractivity contribution in [3.63, 3.8) is 0 Å². The molecule has 1 amide bonds. The zero-order chi connectivity index (χ0) is 20.5. The molecule has 9 heteroatoms. The average molecular weight is 407 g/mol. The molecule has 1 N–H and O–H groups in total. The first kappa shape index (κ1) is 20.5. The van der Waals surface area contributed by atoms with Crippen molar-refractivity contribution in [2.75, 3.05) is 13.1 Å². The first-order valence-electron chi connectivity index (χ1n) is 9.42. The predicted molar refractivity (Wildman–Crippen MR) is 108 cm³/mol. The van der Waals surface area contributed by atoms with Crippen molar-refractivity contribution in [2.24, 2.45) is 0 Å². The van der Waals surface area contributed by atoms with Crippen LogP contribution >= 0.6 is 0 Å². The number of carbonyl (C=O) groups is 1. The summed E-state index contributed by atoms with van der Waals surface area (Å²) in [6.45, 7) is 6.25. The molecule has 0 spiro atoms. The van der Waals surface area contributed by atoms with E-state index in [1.54, 1.807) is 24.8 Å². The number of fused-ring (bicyclic) bond motifs is 1.